The van der Waals surface area contributed by atoms with Gasteiger partial charge in [-0.25, -0.2) is 9.97 Å². The van der Waals surface area contributed by atoms with Gasteiger partial charge in [-0.3, -0.25) is 4.79 Å². The number of carbonyl (C=O) groups excluding carboxylic acids is 1. The van der Waals surface area contributed by atoms with Gasteiger partial charge >= 0.3 is 0 Å². The fraction of sp³-hybridized carbons (Fsp3) is 0.179. The summed E-state index contributed by atoms with van der Waals surface area (Å²) in [5.41, 5.74) is 7.36. The summed E-state index contributed by atoms with van der Waals surface area (Å²) in [6, 6.07) is 17.8. The number of nitriles is 2. The van der Waals surface area contributed by atoms with Crippen molar-refractivity contribution in [2.24, 2.45) is 0 Å². The monoisotopic (exact) mass is 450 g/mol. The standard InChI is InChI=1S/C24H20N4.C4H6O2/c1-17-12-21(4-3-10-25)13-18(2)23(17)15-22-9-11-27-24(28-22)14-19-5-7-20(16-26)8-6-19;1-2-3-6-4-5/h3-9,11-13H,14-15H2,1-2H3;2-4H,1H3/b4-3+;3-2+. The van der Waals surface area contributed by atoms with Crippen molar-refractivity contribution in [1.29, 1.82) is 10.5 Å². The van der Waals surface area contributed by atoms with Gasteiger partial charge in [0.25, 0.3) is 6.47 Å². The molecule has 34 heavy (non-hydrogen) atoms. The average Bonchev–Trinajstić information content (AvgIpc) is 2.85. The van der Waals surface area contributed by atoms with Gasteiger partial charge in [0.05, 0.1) is 24.0 Å². The molecule has 3 rings (SSSR count). The molecule has 0 aliphatic heterocycles. The maximum absolute atomic E-state index is 9.29. The quantitative estimate of drug-likeness (QED) is 0.272. The number of benzene rings is 2. The number of carbonyl (C=O) groups is 1. The Balaban J connectivity index is 0.000000604. The highest BCUT2D eigenvalue weighted by Gasteiger charge is 2.08. The zero-order valence-electron chi connectivity index (χ0n) is 19.5. The molecule has 0 unspecified atom stereocenters. The Morgan fingerprint density at radius 3 is 2.29 bits per heavy atom. The minimum absolute atomic E-state index is 0.375. The predicted octanol–water partition coefficient (Wildman–Crippen LogP) is 5.38. The highest BCUT2D eigenvalue weighted by atomic mass is 16.5. The number of aryl methyl sites for hydroxylation is 2. The smallest absolute Gasteiger partial charge is 0.297 e. The Kier molecular flexibility index (Phi) is 10.4. The van der Waals surface area contributed by atoms with Crippen molar-refractivity contribution in [3.8, 4) is 12.1 Å². The molecule has 0 saturated carbocycles. The highest BCUT2D eigenvalue weighted by Crippen LogP contribution is 2.21. The van der Waals surface area contributed by atoms with Gasteiger partial charge in [0.15, 0.2) is 0 Å². The fourth-order valence-corrected chi connectivity index (χ4v) is 3.33. The fourth-order valence-electron chi connectivity index (χ4n) is 3.33. The van der Waals surface area contributed by atoms with E-state index in [9.17, 15) is 4.79 Å². The van der Waals surface area contributed by atoms with Gasteiger partial charge in [0, 0.05) is 30.8 Å². The van der Waals surface area contributed by atoms with E-state index in [1.165, 1.54) is 29.0 Å². The molecule has 0 fully saturated rings. The van der Waals surface area contributed by atoms with E-state index >= 15 is 0 Å². The van der Waals surface area contributed by atoms with E-state index in [4.69, 9.17) is 15.5 Å². The van der Waals surface area contributed by atoms with Gasteiger partial charge in [-0.2, -0.15) is 10.5 Å². The summed E-state index contributed by atoms with van der Waals surface area (Å²) in [5, 5.41) is 17.6. The number of ether oxygens (including phenoxy) is 1. The van der Waals surface area contributed by atoms with Crippen LogP contribution >= 0.6 is 0 Å². The third-order valence-electron chi connectivity index (χ3n) is 4.91. The summed E-state index contributed by atoms with van der Waals surface area (Å²) in [4.78, 5) is 18.4. The summed E-state index contributed by atoms with van der Waals surface area (Å²) in [6.07, 6.45) is 9.44. The van der Waals surface area contributed by atoms with Crippen molar-refractivity contribution < 1.29 is 9.53 Å². The van der Waals surface area contributed by atoms with Crippen molar-refractivity contribution >= 4 is 12.5 Å². The van der Waals surface area contributed by atoms with Crippen molar-refractivity contribution in [3.05, 3.63) is 112 Å². The van der Waals surface area contributed by atoms with E-state index in [0.29, 0.717) is 18.5 Å². The Morgan fingerprint density at radius 2 is 1.74 bits per heavy atom. The molecular formula is C28H26N4O2. The third-order valence-corrected chi connectivity index (χ3v) is 4.91. The van der Waals surface area contributed by atoms with Crippen LogP contribution in [-0.2, 0) is 22.4 Å². The van der Waals surface area contributed by atoms with Crippen LogP contribution in [0.2, 0.25) is 0 Å². The lowest BCUT2D eigenvalue weighted by molar-refractivity contribution is -0.123. The molecule has 3 aromatic rings. The van der Waals surface area contributed by atoms with Crippen molar-refractivity contribution in [2.75, 3.05) is 0 Å². The number of rotatable bonds is 7. The molecule has 0 atom stereocenters. The first-order chi connectivity index (χ1) is 16.5. The van der Waals surface area contributed by atoms with E-state index in [-0.39, 0.29) is 0 Å². The molecule has 0 radical (unpaired) electrons. The van der Waals surface area contributed by atoms with E-state index in [0.717, 1.165) is 29.1 Å². The summed E-state index contributed by atoms with van der Waals surface area (Å²) < 4.78 is 4.12. The van der Waals surface area contributed by atoms with Crippen LogP contribution in [0.25, 0.3) is 6.08 Å². The zero-order valence-corrected chi connectivity index (χ0v) is 19.5. The maximum atomic E-state index is 9.29. The second kappa shape index (κ2) is 13.8. The molecule has 1 heterocycles. The number of allylic oxidation sites excluding steroid dienone is 2. The van der Waals surface area contributed by atoms with Crippen molar-refractivity contribution in [2.45, 2.75) is 33.6 Å². The molecule has 6 heteroatoms. The SMILES string of the molecule is C/C=C/OC=O.Cc1cc(/C=C/C#N)cc(C)c1Cc1ccnc(Cc2ccc(C#N)cc2)n1. The van der Waals surface area contributed by atoms with Gasteiger partial charge in [-0.15, -0.1) is 0 Å². The van der Waals surface area contributed by atoms with Crippen molar-refractivity contribution in [3.63, 3.8) is 0 Å². The van der Waals surface area contributed by atoms with Crippen LogP contribution in [0.3, 0.4) is 0 Å². The molecule has 6 nitrogen and oxygen atoms in total. The van der Waals surface area contributed by atoms with Crippen LogP contribution in [0.1, 0.15) is 51.8 Å². The topological polar surface area (TPSA) is 99.7 Å². The van der Waals surface area contributed by atoms with Gasteiger partial charge in [0.1, 0.15) is 5.82 Å². The molecule has 0 saturated heterocycles. The minimum Gasteiger partial charge on any atom is -0.437 e. The van der Waals surface area contributed by atoms with Gasteiger partial charge in [0.2, 0.25) is 0 Å². The van der Waals surface area contributed by atoms with Crippen molar-refractivity contribution in [1.82, 2.24) is 9.97 Å². The Morgan fingerprint density at radius 1 is 1.03 bits per heavy atom. The van der Waals surface area contributed by atoms with E-state index < -0.39 is 0 Å². The normalized spacial score (nSPS) is 10.3. The highest BCUT2D eigenvalue weighted by molar-refractivity contribution is 5.56. The van der Waals surface area contributed by atoms with Gasteiger partial charge in [-0.1, -0.05) is 30.3 Å². The molecule has 0 aliphatic carbocycles. The summed E-state index contributed by atoms with van der Waals surface area (Å²) in [6.45, 7) is 6.32. The summed E-state index contributed by atoms with van der Waals surface area (Å²) in [7, 11) is 0. The Bertz CT molecular complexity index is 1220. The van der Waals surface area contributed by atoms with Crippen LogP contribution in [0.15, 0.2) is 67.1 Å². The lowest BCUT2D eigenvalue weighted by atomic mass is 9.95. The molecule has 0 amide bonds. The van der Waals surface area contributed by atoms with Crippen LogP contribution in [0.4, 0.5) is 0 Å². The summed E-state index contributed by atoms with van der Waals surface area (Å²) in [5.74, 6) is 0.770. The van der Waals surface area contributed by atoms with Crippen LogP contribution in [0, 0.1) is 36.5 Å². The first-order valence-corrected chi connectivity index (χ1v) is 10.7. The van der Waals surface area contributed by atoms with E-state index in [1.807, 2.05) is 42.5 Å². The molecule has 170 valence electrons. The van der Waals surface area contributed by atoms with Crippen LogP contribution in [0.5, 0.6) is 0 Å². The third kappa shape index (κ3) is 8.18. The van der Waals surface area contributed by atoms with E-state index in [1.54, 1.807) is 19.2 Å². The zero-order chi connectivity index (χ0) is 24.8. The largest absolute Gasteiger partial charge is 0.437 e. The number of nitrogens with zero attached hydrogens (tertiary/aromatic N) is 4. The molecule has 0 spiro atoms. The molecule has 0 N–H and O–H groups in total. The van der Waals surface area contributed by atoms with Crippen LogP contribution < -0.4 is 0 Å². The van der Waals surface area contributed by atoms with Gasteiger partial charge < -0.3 is 4.74 Å². The first-order valence-electron chi connectivity index (χ1n) is 10.7. The lowest BCUT2D eigenvalue weighted by Gasteiger charge is -2.12. The molecule has 2 aromatic carbocycles. The number of hydrogen-bond acceptors (Lipinski definition) is 6. The summed E-state index contributed by atoms with van der Waals surface area (Å²) >= 11 is 0. The second-order valence-electron chi connectivity index (χ2n) is 7.42. The lowest BCUT2D eigenvalue weighted by Crippen LogP contribution is -2.03. The average molecular weight is 451 g/mol. The van der Waals surface area contributed by atoms with Crippen LogP contribution in [-0.4, -0.2) is 16.4 Å². The minimum atomic E-state index is 0.375. The molecule has 0 aliphatic rings. The predicted molar refractivity (Wildman–Crippen MR) is 131 cm³/mol. The number of hydrogen-bond donors (Lipinski definition) is 0. The maximum Gasteiger partial charge on any atom is 0.297 e. The van der Waals surface area contributed by atoms with E-state index in [2.05, 4.69) is 41.8 Å². The molecular weight excluding hydrogens is 424 g/mol. The Labute approximate surface area is 200 Å². The number of aromatic nitrogens is 2. The Hall–Kier alpha value is -4.55. The first kappa shape index (κ1) is 25.7. The molecule has 1 aromatic heterocycles. The molecule has 0 bridgehead atoms. The second-order valence-corrected chi connectivity index (χ2v) is 7.42. The van der Waals surface area contributed by atoms with Gasteiger partial charge in [-0.05, 0) is 72.9 Å².